The van der Waals surface area contributed by atoms with Crippen LogP contribution in [-0.4, -0.2) is 104 Å². The van der Waals surface area contributed by atoms with Crippen LogP contribution in [0.2, 0.25) is 0 Å². The van der Waals surface area contributed by atoms with E-state index in [2.05, 4.69) is 35.1 Å². The monoisotopic (exact) mass is 744 g/mol. The minimum atomic E-state index is -3.52. The fourth-order valence-corrected chi connectivity index (χ4v) is 8.31. The lowest BCUT2D eigenvalue weighted by Crippen LogP contribution is -2.61. The molecule has 1 saturated heterocycles. The van der Waals surface area contributed by atoms with Crippen molar-refractivity contribution in [2.24, 2.45) is 28.6 Å². The van der Waals surface area contributed by atoms with Gasteiger partial charge in [-0.25, -0.2) is 17.5 Å². The van der Waals surface area contributed by atoms with Crippen LogP contribution < -0.4 is 21.3 Å². The van der Waals surface area contributed by atoms with E-state index in [9.17, 15) is 32.4 Å². The Bertz CT molecular complexity index is 1600. The van der Waals surface area contributed by atoms with Crippen molar-refractivity contribution in [1.82, 2.24) is 30.5 Å². The van der Waals surface area contributed by atoms with E-state index >= 15 is 0 Å². The molecule has 52 heavy (non-hydrogen) atoms. The van der Waals surface area contributed by atoms with Crippen LogP contribution >= 0.6 is 0 Å². The van der Waals surface area contributed by atoms with Gasteiger partial charge in [-0.1, -0.05) is 85.6 Å². The number of nitrogens with one attached hydrogen (secondary N) is 4. The Balaban J connectivity index is 1.62. The zero-order valence-electron chi connectivity index (χ0n) is 32.4. The average molecular weight is 745 g/mol. The highest BCUT2D eigenvalue weighted by atomic mass is 32.2. The van der Waals surface area contributed by atoms with Gasteiger partial charge in [-0.3, -0.25) is 19.2 Å². The van der Waals surface area contributed by atoms with E-state index in [0.29, 0.717) is 45.2 Å². The third kappa shape index (κ3) is 9.34. The van der Waals surface area contributed by atoms with Crippen LogP contribution in [0.15, 0.2) is 24.3 Å². The molecule has 0 bridgehead atoms. The summed E-state index contributed by atoms with van der Waals surface area (Å²) in [6.07, 6.45) is 4.56. The van der Waals surface area contributed by atoms with Crippen LogP contribution in [0.3, 0.4) is 0 Å². The van der Waals surface area contributed by atoms with Crippen molar-refractivity contribution < 1.29 is 32.4 Å². The smallest absolute Gasteiger partial charge is 0.315 e. The number of urea groups is 1. The molecule has 0 radical (unpaired) electrons. The number of amides is 5. The maximum Gasteiger partial charge on any atom is 0.315 e. The summed E-state index contributed by atoms with van der Waals surface area (Å²) in [5.41, 5.74) is 1.44. The van der Waals surface area contributed by atoms with Gasteiger partial charge in [0.1, 0.15) is 12.1 Å². The molecular weight excluding hydrogens is 685 g/mol. The van der Waals surface area contributed by atoms with Gasteiger partial charge < -0.3 is 26.2 Å². The number of hydrogen-bond acceptors (Lipinski definition) is 7. The molecule has 290 valence electrons. The Morgan fingerprint density at radius 2 is 1.60 bits per heavy atom. The summed E-state index contributed by atoms with van der Waals surface area (Å²) in [5, 5.41) is 11.4. The first-order valence-corrected chi connectivity index (χ1v) is 20.5. The number of ketones is 1. The standard InChI is InChI=1S/C38H60N6O7S/c1-10-12-17-27(32(45)34(47)39-18-11-2)40-33(46)31-29-26(38(29,6)7)21-44(31)35(48)30(25-19-23-15-13-14-16-24(23)20-25)42-36(49)41-28(37(3,4)5)22-43(8)52(9,50)51/h13-16,25-31H,10-12,17-22H2,1-9H3,(H,39,47)(H,40,46)(H2,41,42,49)/t26-,27?,28+,29-,30-,31-/m0/s1. The molecule has 0 spiro atoms. The number of fused-ring (bicyclic) bond motifs is 2. The zero-order chi connectivity index (χ0) is 38.8. The molecule has 4 N–H and O–H groups in total. The van der Waals surface area contributed by atoms with Crippen LogP contribution in [0.4, 0.5) is 4.79 Å². The molecule has 2 aliphatic carbocycles. The van der Waals surface area contributed by atoms with Gasteiger partial charge in [-0.2, -0.15) is 0 Å². The van der Waals surface area contributed by atoms with Crippen molar-refractivity contribution in [2.45, 2.75) is 111 Å². The second-order valence-electron chi connectivity index (χ2n) is 16.7. The van der Waals surface area contributed by atoms with E-state index in [1.54, 1.807) is 4.90 Å². The normalized spacial score (nSPS) is 22.5. The van der Waals surface area contributed by atoms with E-state index in [1.807, 2.05) is 58.9 Å². The predicted molar refractivity (Wildman–Crippen MR) is 200 cm³/mol. The third-order valence-corrected chi connectivity index (χ3v) is 12.7. The Hall–Kier alpha value is -3.52. The molecule has 13 nitrogen and oxygen atoms in total. The number of likely N-dealkylation sites (tertiary alicyclic amines) is 1. The quantitative estimate of drug-likeness (QED) is 0.188. The number of likely N-dealkylation sites (N-methyl/N-ethyl adjacent to an activating group) is 1. The summed E-state index contributed by atoms with van der Waals surface area (Å²) in [6.45, 7) is 14.4. The largest absolute Gasteiger partial charge is 0.349 e. The molecular formula is C38H60N6O7S. The highest BCUT2D eigenvalue weighted by molar-refractivity contribution is 7.88. The molecule has 5 amide bonds. The fourth-order valence-electron chi connectivity index (χ4n) is 7.89. The third-order valence-electron chi connectivity index (χ3n) is 11.5. The SMILES string of the molecule is CCCCC(NC(=O)[C@@H]1[C@@H]2[C@H](CN1C(=O)[C@@H](NC(=O)N[C@H](CN(C)S(C)(=O)=O)C(C)(C)C)C1Cc3ccccc3C1)C2(C)C)C(=O)C(=O)NCCC. The summed E-state index contributed by atoms with van der Waals surface area (Å²) >= 11 is 0. The van der Waals surface area contributed by atoms with Crippen LogP contribution in [-0.2, 0) is 42.0 Å². The Morgan fingerprint density at radius 3 is 2.13 bits per heavy atom. The van der Waals surface area contributed by atoms with Crippen molar-refractivity contribution in [3.05, 3.63) is 35.4 Å². The second-order valence-corrected chi connectivity index (χ2v) is 18.8. The molecule has 1 saturated carbocycles. The molecule has 1 aliphatic heterocycles. The number of hydrogen-bond donors (Lipinski definition) is 4. The Labute approximate surface area is 309 Å². The molecule has 14 heteroatoms. The lowest BCUT2D eigenvalue weighted by molar-refractivity contribution is -0.144. The topological polar surface area (TPSA) is 174 Å². The van der Waals surface area contributed by atoms with Crippen molar-refractivity contribution >= 4 is 39.6 Å². The maximum atomic E-state index is 14.8. The van der Waals surface area contributed by atoms with Crippen molar-refractivity contribution in [3.8, 4) is 0 Å². The Kier molecular flexibility index (Phi) is 12.9. The number of unbranched alkanes of at least 4 members (excludes halogenated alkanes) is 1. The summed E-state index contributed by atoms with van der Waals surface area (Å²) in [7, 11) is -2.06. The molecule has 4 rings (SSSR count). The molecule has 1 unspecified atom stereocenters. The first kappa shape index (κ1) is 41.2. The summed E-state index contributed by atoms with van der Waals surface area (Å²) in [6, 6.07) is 3.83. The maximum absolute atomic E-state index is 14.8. The van der Waals surface area contributed by atoms with E-state index in [1.165, 1.54) is 11.4 Å². The zero-order valence-corrected chi connectivity index (χ0v) is 33.2. The van der Waals surface area contributed by atoms with E-state index in [-0.39, 0.29) is 35.6 Å². The van der Waals surface area contributed by atoms with Crippen molar-refractivity contribution in [2.75, 3.05) is 32.9 Å². The first-order valence-electron chi connectivity index (χ1n) is 18.7. The van der Waals surface area contributed by atoms with Gasteiger partial charge in [-0.15, -0.1) is 0 Å². The van der Waals surface area contributed by atoms with Gasteiger partial charge >= 0.3 is 6.03 Å². The van der Waals surface area contributed by atoms with E-state index in [0.717, 1.165) is 23.8 Å². The summed E-state index contributed by atoms with van der Waals surface area (Å²) < 4.78 is 25.7. The minimum absolute atomic E-state index is 0.0322. The van der Waals surface area contributed by atoms with Crippen LogP contribution in [0, 0.1) is 28.6 Å². The number of carbonyl (C=O) groups is 5. The molecule has 3 aliphatic rings. The van der Waals surface area contributed by atoms with Gasteiger partial charge in [0.05, 0.1) is 12.3 Å². The molecule has 2 fully saturated rings. The van der Waals surface area contributed by atoms with Crippen LogP contribution in [0.5, 0.6) is 0 Å². The van der Waals surface area contributed by atoms with Crippen LogP contribution in [0.1, 0.15) is 85.3 Å². The molecule has 1 aromatic carbocycles. The van der Waals surface area contributed by atoms with Gasteiger partial charge in [0.25, 0.3) is 5.91 Å². The lowest BCUT2D eigenvalue weighted by atomic mass is 9.86. The number of carbonyl (C=O) groups excluding carboxylic acids is 5. The van der Waals surface area contributed by atoms with Crippen molar-refractivity contribution in [3.63, 3.8) is 0 Å². The number of rotatable bonds is 16. The predicted octanol–water partition coefficient (Wildman–Crippen LogP) is 2.63. The minimum Gasteiger partial charge on any atom is -0.349 e. The van der Waals surface area contributed by atoms with E-state index in [4.69, 9.17) is 0 Å². The molecule has 0 aromatic heterocycles. The lowest BCUT2D eigenvalue weighted by Gasteiger charge is -2.37. The van der Waals surface area contributed by atoms with Crippen molar-refractivity contribution in [1.29, 1.82) is 0 Å². The number of Topliss-reactive ketones (excluding diaryl/α,β-unsaturated/α-hetero) is 1. The molecule has 1 aromatic rings. The van der Waals surface area contributed by atoms with Gasteiger partial charge in [0.15, 0.2) is 0 Å². The van der Waals surface area contributed by atoms with Crippen LogP contribution in [0.25, 0.3) is 0 Å². The van der Waals surface area contributed by atoms with E-state index < -0.39 is 63.2 Å². The number of nitrogens with zero attached hydrogens (tertiary/aromatic N) is 2. The number of benzene rings is 1. The van der Waals surface area contributed by atoms with Gasteiger partial charge in [0.2, 0.25) is 27.6 Å². The number of piperidine rings is 1. The van der Waals surface area contributed by atoms with Gasteiger partial charge in [0, 0.05) is 32.7 Å². The Morgan fingerprint density at radius 1 is 0.981 bits per heavy atom. The summed E-state index contributed by atoms with van der Waals surface area (Å²) in [5.74, 6) is -2.69. The summed E-state index contributed by atoms with van der Waals surface area (Å²) in [4.78, 5) is 70.4. The molecule has 6 atom stereocenters. The fraction of sp³-hybridized carbons (Fsp3) is 0.711. The highest BCUT2D eigenvalue weighted by Crippen LogP contribution is 2.65. The molecule has 1 heterocycles. The highest BCUT2D eigenvalue weighted by Gasteiger charge is 2.69. The average Bonchev–Trinajstić information content (AvgIpc) is 3.42. The van der Waals surface area contributed by atoms with Gasteiger partial charge in [-0.05, 0) is 65.4 Å². The second kappa shape index (κ2) is 16.2. The first-order chi connectivity index (χ1) is 24.2. The number of sulfonamides is 1.